The second kappa shape index (κ2) is 11.4. The van der Waals surface area contributed by atoms with E-state index in [-0.39, 0.29) is 17.3 Å². The van der Waals surface area contributed by atoms with E-state index in [2.05, 4.69) is 10.0 Å². The highest BCUT2D eigenvalue weighted by Crippen LogP contribution is 2.12. The summed E-state index contributed by atoms with van der Waals surface area (Å²) in [5.74, 6) is -1.46. The molecule has 0 atom stereocenters. The first-order valence-electron chi connectivity index (χ1n) is 10.4. The molecule has 3 aromatic rings. The second-order valence-electron chi connectivity index (χ2n) is 7.47. The number of hydrogen-bond acceptors (Lipinski definition) is 6. The van der Waals surface area contributed by atoms with Crippen molar-refractivity contribution in [3.05, 3.63) is 101 Å². The first-order chi connectivity index (χ1) is 16.2. The number of esters is 1. The first kappa shape index (κ1) is 24.8. The molecule has 0 aliphatic heterocycles. The lowest BCUT2D eigenvalue weighted by molar-refractivity contribution is -0.145. The van der Waals surface area contributed by atoms with E-state index in [1.54, 1.807) is 60.7 Å². The van der Waals surface area contributed by atoms with Crippen molar-refractivity contribution >= 4 is 27.7 Å². The number of rotatable bonds is 10. The smallest absolute Gasteiger partial charge is 0.325 e. The maximum atomic E-state index is 12.4. The molecule has 0 saturated carbocycles. The summed E-state index contributed by atoms with van der Waals surface area (Å²) in [5.41, 5.74) is 2.68. The molecule has 1 amide bonds. The van der Waals surface area contributed by atoms with Crippen LogP contribution >= 0.6 is 0 Å². The van der Waals surface area contributed by atoms with Gasteiger partial charge in [-0.05, 0) is 24.6 Å². The summed E-state index contributed by atoms with van der Waals surface area (Å²) >= 11 is 0. The Morgan fingerprint density at radius 3 is 2.06 bits per heavy atom. The lowest BCUT2D eigenvalue weighted by atomic mass is 10.0. The van der Waals surface area contributed by atoms with Crippen LogP contribution in [-0.2, 0) is 31.0 Å². The molecule has 0 spiro atoms. The molecule has 0 saturated heterocycles. The highest BCUT2D eigenvalue weighted by molar-refractivity contribution is 7.89. The quantitative estimate of drug-likeness (QED) is 0.340. The van der Waals surface area contributed by atoms with E-state index < -0.39 is 35.0 Å². The summed E-state index contributed by atoms with van der Waals surface area (Å²) in [5, 5.41) is 2.31. The van der Waals surface area contributed by atoms with Crippen LogP contribution in [0.15, 0.2) is 83.8 Å². The van der Waals surface area contributed by atoms with Crippen LogP contribution in [0.2, 0.25) is 0 Å². The van der Waals surface area contributed by atoms with Crippen molar-refractivity contribution in [1.82, 2.24) is 10.0 Å². The molecule has 0 fully saturated rings. The van der Waals surface area contributed by atoms with Gasteiger partial charge in [-0.1, -0.05) is 72.3 Å². The molecule has 9 heteroatoms. The molecule has 34 heavy (non-hydrogen) atoms. The standard InChI is InChI=1S/C25H24N2O6S/c1-18-7-13-22(14-8-18)34(31,32)27-15-23(28)26-16-24(29)33-17-19-9-11-21(12-10-19)25(30)20-5-3-2-4-6-20/h2-14,27H,15-17H2,1H3,(H,26,28). The number of carbonyl (C=O) groups is 3. The van der Waals surface area contributed by atoms with Gasteiger partial charge < -0.3 is 10.1 Å². The number of aryl methyl sites for hydroxylation is 1. The number of sulfonamides is 1. The van der Waals surface area contributed by atoms with Gasteiger partial charge in [-0.2, -0.15) is 0 Å². The Morgan fingerprint density at radius 2 is 1.41 bits per heavy atom. The Morgan fingerprint density at radius 1 is 0.794 bits per heavy atom. The fraction of sp³-hybridized carbons (Fsp3) is 0.160. The van der Waals surface area contributed by atoms with Crippen LogP contribution < -0.4 is 10.0 Å². The summed E-state index contributed by atoms with van der Waals surface area (Å²) in [6.45, 7) is 0.878. The van der Waals surface area contributed by atoms with Gasteiger partial charge in [0.1, 0.15) is 13.2 Å². The van der Waals surface area contributed by atoms with Crippen LogP contribution in [0.3, 0.4) is 0 Å². The Balaban J connectivity index is 1.40. The van der Waals surface area contributed by atoms with Crippen LogP contribution in [0.1, 0.15) is 27.0 Å². The average molecular weight is 481 g/mol. The van der Waals surface area contributed by atoms with Gasteiger partial charge in [-0.25, -0.2) is 13.1 Å². The average Bonchev–Trinajstić information content (AvgIpc) is 2.85. The number of benzene rings is 3. The van der Waals surface area contributed by atoms with Gasteiger partial charge in [0.15, 0.2) is 5.78 Å². The molecule has 3 aromatic carbocycles. The minimum atomic E-state index is -3.84. The Bertz CT molecular complexity index is 1260. The molecule has 2 N–H and O–H groups in total. The number of ether oxygens (including phenoxy) is 1. The van der Waals surface area contributed by atoms with E-state index in [9.17, 15) is 22.8 Å². The largest absolute Gasteiger partial charge is 0.460 e. The zero-order chi connectivity index (χ0) is 24.6. The van der Waals surface area contributed by atoms with E-state index in [1.807, 2.05) is 13.0 Å². The van der Waals surface area contributed by atoms with Gasteiger partial charge in [0.2, 0.25) is 15.9 Å². The third-order valence-corrected chi connectivity index (χ3v) is 6.25. The molecule has 0 heterocycles. The van der Waals surface area contributed by atoms with Gasteiger partial charge in [-0.3, -0.25) is 14.4 Å². The van der Waals surface area contributed by atoms with E-state index >= 15 is 0 Å². The van der Waals surface area contributed by atoms with Crippen molar-refractivity contribution < 1.29 is 27.5 Å². The molecule has 8 nitrogen and oxygen atoms in total. The first-order valence-corrected chi connectivity index (χ1v) is 11.9. The van der Waals surface area contributed by atoms with Gasteiger partial charge in [0.25, 0.3) is 0 Å². The van der Waals surface area contributed by atoms with Crippen molar-refractivity contribution in [3.63, 3.8) is 0 Å². The van der Waals surface area contributed by atoms with Gasteiger partial charge >= 0.3 is 5.97 Å². The van der Waals surface area contributed by atoms with E-state index in [0.717, 1.165) is 5.56 Å². The van der Waals surface area contributed by atoms with Crippen molar-refractivity contribution in [1.29, 1.82) is 0 Å². The third kappa shape index (κ3) is 7.09. The topological polar surface area (TPSA) is 119 Å². The molecule has 0 radical (unpaired) electrons. The molecule has 0 unspecified atom stereocenters. The highest BCUT2D eigenvalue weighted by atomic mass is 32.2. The second-order valence-corrected chi connectivity index (χ2v) is 9.23. The zero-order valence-electron chi connectivity index (χ0n) is 18.5. The maximum absolute atomic E-state index is 12.4. The zero-order valence-corrected chi connectivity index (χ0v) is 19.3. The monoisotopic (exact) mass is 480 g/mol. The van der Waals surface area contributed by atoms with Crippen molar-refractivity contribution in [2.75, 3.05) is 13.1 Å². The minimum absolute atomic E-state index is 0.0332. The summed E-state index contributed by atoms with van der Waals surface area (Å²) in [6.07, 6.45) is 0. The summed E-state index contributed by atoms with van der Waals surface area (Å²) in [7, 11) is -3.84. The fourth-order valence-corrected chi connectivity index (χ4v) is 3.90. The lowest BCUT2D eigenvalue weighted by Gasteiger charge is -2.09. The van der Waals surface area contributed by atoms with Crippen LogP contribution in [0.25, 0.3) is 0 Å². The summed E-state index contributed by atoms with van der Waals surface area (Å²) < 4.78 is 31.7. The third-order valence-electron chi connectivity index (χ3n) is 4.84. The minimum Gasteiger partial charge on any atom is -0.460 e. The molecular formula is C25H24N2O6S. The number of amides is 1. The van der Waals surface area contributed by atoms with Gasteiger partial charge in [-0.15, -0.1) is 0 Å². The number of ketones is 1. The Kier molecular flexibility index (Phi) is 8.29. The molecule has 0 aliphatic carbocycles. The van der Waals surface area contributed by atoms with E-state index in [0.29, 0.717) is 16.7 Å². The predicted molar refractivity (Wildman–Crippen MR) is 125 cm³/mol. The molecule has 176 valence electrons. The predicted octanol–water partition coefficient (Wildman–Crippen LogP) is 2.36. The van der Waals surface area contributed by atoms with Crippen molar-refractivity contribution in [2.24, 2.45) is 0 Å². The van der Waals surface area contributed by atoms with Gasteiger partial charge in [0.05, 0.1) is 11.4 Å². The molecule has 3 rings (SSSR count). The van der Waals surface area contributed by atoms with E-state index in [4.69, 9.17) is 4.74 Å². The normalized spacial score (nSPS) is 11.0. The van der Waals surface area contributed by atoms with Crippen LogP contribution in [0, 0.1) is 6.92 Å². The number of nitrogens with one attached hydrogen (secondary N) is 2. The highest BCUT2D eigenvalue weighted by Gasteiger charge is 2.16. The van der Waals surface area contributed by atoms with Crippen molar-refractivity contribution in [3.8, 4) is 0 Å². The molecule has 0 bridgehead atoms. The lowest BCUT2D eigenvalue weighted by Crippen LogP contribution is -2.39. The Hall–Kier alpha value is -3.82. The molecule has 0 aliphatic rings. The fourth-order valence-electron chi connectivity index (χ4n) is 2.92. The number of carbonyl (C=O) groups excluding carboxylic acids is 3. The molecule has 0 aromatic heterocycles. The van der Waals surface area contributed by atoms with Crippen LogP contribution in [0.5, 0.6) is 0 Å². The maximum Gasteiger partial charge on any atom is 0.325 e. The SMILES string of the molecule is Cc1ccc(S(=O)(=O)NCC(=O)NCC(=O)OCc2ccc(C(=O)c3ccccc3)cc2)cc1. The molecular weight excluding hydrogens is 456 g/mol. The summed E-state index contributed by atoms with van der Waals surface area (Å²) in [6, 6.07) is 21.7. The summed E-state index contributed by atoms with van der Waals surface area (Å²) in [4.78, 5) is 36.3. The van der Waals surface area contributed by atoms with E-state index in [1.165, 1.54) is 12.1 Å². The van der Waals surface area contributed by atoms with Crippen LogP contribution in [0.4, 0.5) is 0 Å². The Labute approximate surface area is 198 Å². The van der Waals surface area contributed by atoms with Crippen molar-refractivity contribution in [2.45, 2.75) is 18.4 Å². The van der Waals surface area contributed by atoms with Crippen LogP contribution in [-0.4, -0.2) is 39.2 Å². The van der Waals surface area contributed by atoms with Gasteiger partial charge in [0, 0.05) is 11.1 Å². The number of hydrogen-bond donors (Lipinski definition) is 2.